The van der Waals surface area contributed by atoms with Gasteiger partial charge >= 0.3 is 6.18 Å². The minimum absolute atomic E-state index is 0.0811. The maximum atomic E-state index is 13.4. The van der Waals surface area contributed by atoms with Gasteiger partial charge in [-0.1, -0.05) is 6.07 Å². The van der Waals surface area contributed by atoms with Gasteiger partial charge in [0.15, 0.2) is 0 Å². The van der Waals surface area contributed by atoms with Crippen LogP contribution in [0.25, 0.3) is 0 Å². The van der Waals surface area contributed by atoms with Crippen LogP contribution in [0.15, 0.2) is 70.9 Å². The Balaban J connectivity index is 1.89. The molecular formula is C21H19F3N2O4S2. The Morgan fingerprint density at radius 2 is 1.72 bits per heavy atom. The second kappa shape index (κ2) is 9.61. The third-order valence-electron chi connectivity index (χ3n) is 4.39. The average Bonchev–Trinajstić information content (AvgIpc) is 3.29. The highest BCUT2D eigenvalue weighted by molar-refractivity contribution is 7.92. The molecule has 0 unspecified atom stereocenters. The molecule has 1 N–H and O–H groups in total. The smallest absolute Gasteiger partial charge is 0.405 e. The highest BCUT2D eigenvalue weighted by atomic mass is 32.2. The van der Waals surface area contributed by atoms with Crippen LogP contribution in [0.4, 0.5) is 18.9 Å². The summed E-state index contributed by atoms with van der Waals surface area (Å²) in [6.07, 6.45) is -4.54. The summed E-state index contributed by atoms with van der Waals surface area (Å²) < 4.78 is 70.0. The molecule has 1 heterocycles. The summed E-state index contributed by atoms with van der Waals surface area (Å²) in [4.78, 5) is 12.6. The number of hydrogen-bond donors (Lipinski definition) is 1. The first kappa shape index (κ1) is 23.6. The lowest BCUT2D eigenvalue weighted by molar-refractivity contribution is -0.123. The van der Waals surface area contributed by atoms with Crippen molar-refractivity contribution >= 4 is 33.0 Å². The van der Waals surface area contributed by atoms with Gasteiger partial charge in [-0.2, -0.15) is 13.2 Å². The quantitative estimate of drug-likeness (QED) is 0.513. The number of methoxy groups -OCH3 is 1. The van der Waals surface area contributed by atoms with Crippen LogP contribution in [-0.2, 0) is 16.6 Å². The summed E-state index contributed by atoms with van der Waals surface area (Å²) in [5, 5.41) is 3.59. The Bertz CT molecular complexity index is 1150. The normalized spacial score (nSPS) is 11.8. The van der Waals surface area contributed by atoms with Crippen LogP contribution >= 0.6 is 11.3 Å². The van der Waals surface area contributed by atoms with E-state index in [1.54, 1.807) is 29.6 Å². The number of nitrogens with zero attached hydrogens (tertiary/aromatic N) is 1. The molecule has 0 saturated carbocycles. The van der Waals surface area contributed by atoms with E-state index in [0.29, 0.717) is 11.4 Å². The van der Waals surface area contributed by atoms with E-state index in [-0.39, 0.29) is 17.0 Å². The number of hydrogen-bond acceptors (Lipinski definition) is 5. The topological polar surface area (TPSA) is 75.7 Å². The van der Waals surface area contributed by atoms with Crippen molar-refractivity contribution in [3.05, 3.63) is 76.5 Å². The Morgan fingerprint density at radius 1 is 1.06 bits per heavy atom. The highest BCUT2D eigenvalue weighted by Gasteiger charge is 2.29. The number of anilines is 1. The van der Waals surface area contributed by atoms with Crippen molar-refractivity contribution < 1.29 is 31.1 Å². The predicted octanol–water partition coefficient (Wildman–Crippen LogP) is 4.44. The van der Waals surface area contributed by atoms with Crippen LogP contribution in [0.5, 0.6) is 5.75 Å². The lowest BCUT2D eigenvalue weighted by Crippen LogP contribution is -2.33. The minimum Gasteiger partial charge on any atom is -0.497 e. The van der Waals surface area contributed by atoms with Crippen LogP contribution in [-0.4, -0.2) is 34.2 Å². The maximum absolute atomic E-state index is 13.4. The molecule has 170 valence electrons. The second-order valence-corrected chi connectivity index (χ2v) is 9.51. The van der Waals surface area contributed by atoms with E-state index in [1.807, 2.05) is 17.5 Å². The summed E-state index contributed by atoms with van der Waals surface area (Å²) in [7, 11) is -2.54. The highest BCUT2D eigenvalue weighted by Crippen LogP contribution is 2.29. The summed E-state index contributed by atoms with van der Waals surface area (Å²) in [6, 6.07) is 14.9. The largest absolute Gasteiger partial charge is 0.497 e. The van der Waals surface area contributed by atoms with Gasteiger partial charge in [0.25, 0.3) is 15.9 Å². The van der Waals surface area contributed by atoms with Gasteiger partial charge in [-0.15, -0.1) is 11.3 Å². The molecule has 0 radical (unpaired) electrons. The van der Waals surface area contributed by atoms with E-state index in [1.165, 1.54) is 47.0 Å². The van der Waals surface area contributed by atoms with Crippen LogP contribution in [0.3, 0.4) is 0 Å². The zero-order valence-corrected chi connectivity index (χ0v) is 18.4. The molecule has 0 saturated heterocycles. The Kier molecular flexibility index (Phi) is 7.09. The van der Waals surface area contributed by atoms with Gasteiger partial charge in [0.2, 0.25) is 0 Å². The van der Waals surface area contributed by atoms with Crippen molar-refractivity contribution in [3.8, 4) is 5.75 Å². The molecular weight excluding hydrogens is 465 g/mol. The summed E-state index contributed by atoms with van der Waals surface area (Å²) >= 11 is 1.40. The van der Waals surface area contributed by atoms with Crippen LogP contribution in [0.2, 0.25) is 0 Å². The molecule has 0 spiro atoms. The molecule has 3 aromatic rings. The summed E-state index contributed by atoms with van der Waals surface area (Å²) in [5.74, 6) is -0.381. The third kappa shape index (κ3) is 5.80. The van der Waals surface area contributed by atoms with E-state index in [0.717, 1.165) is 4.88 Å². The van der Waals surface area contributed by atoms with E-state index < -0.39 is 28.7 Å². The molecule has 0 bridgehead atoms. The number of benzene rings is 2. The number of thiophene rings is 1. The molecule has 0 aliphatic rings. The number of nitrogens with one attached hydrogen (secondary N) is 1. The van der Waals surface area contributed by atoms with Crippen molar-refractivity contribution in [1.29, 1.82) is 0 Å². The molecule has 0 aliphatic carbocycles. The average molecular weight is 485 g/mol. The number of halogens is 3. The number of amides is 1. The standard InChI is InChI=1S/C21H19F3N2O4S2/c1-30-17-8-6-16(7-9-17)26(13-18-3-2-12-31-18)32(28,29)19-10-4-15(5-11-19)20(27)25-14-21(22,23)24/h2-12H,13-14H2,1H3,(H,25,27). The Morgan fingerprint density at radius 3 is 2.25 bits per heavy atom. The van der Waals surface area contributed by atoms with Crippen molar-refractivity contribution in [3.63, 3.8) is 0 Å². The van der Waals surface area contributed by atoms with Crippen molar-refractivity contribution in [2.24, 2.45) is 0 Å². The van der Waals surface area contributed by atoms with Gasteiger partial charge in [-0.05, 0) is 60.0 Å². The van der Waals surface area contributed by atoms with Gasteiger partial charge in [0, 0.05) is 10.4 Å². The maximum Gasteiger partial charge on any atom is 0.405 e. The molecule has 0 atom stereocenters. The van der Waals surface area contributed by atoms with Gasteiger partial charge < -0.3 is 10.1 Å². The molecule has 3 rings (SSSR count). The van der Waals surface area contributed by atoms with E-state index in [4.69, 9.17) is 4.74 Å². The molecule has 2 aromatic carbocycles. The molecule has 11 heteroatoms. The number of rotatable bonds is 8. The third-order valence-corrected chi connectivity index (χ3v) is 7.04. The molecule has 32 heavy (non-hydrogen) atoms. The van der Waals surface area contributed by atoms with E-state index in [9.17, 15) is 26.4 Å². The van der Waals surface area contributed by atoms with Gasteiger partial charge in [-0.3, -0.25) is 9.10 Å². The van der Waals surface area contributed by atoms with E-state index >= 15 is 0 Å². The van der Waals surface area contributed by atoms with E-state index in [2.05, 4.69) is 0 Å². The van der Waals surface area contributed by atoms with Gasteiger partial charge in [-0.25, -0.2) is 8.42 Å². The fourth-order valence-electron chi connectivity index (χ4n) is 2.80. The SMILES string of the molecule is COc1ccc(N(Cc2cccs2)S(=O)(=O)c2ccc(C(=O)NCC(F)(F)F)cc2)cc1. The zero-order chi connectivity index (χ0) is 23.4. The Labute approximate surface area is 187 Å². The summed E-state index contributed by atoms with van der Waals surface area (Å²) in [5.41, 5.74) is 0.327. The van der Waals surface area contributed by atoms with Crippen LogP contribution < -0.4 is 14.4 Å². The molecule has 0 aliphatic heterocycles. The fourth-order valence-corrected chi connectivity index (χ4v) is 5.01. The monoisotopic (exact) mass is 484 g/mol. The second-order valence-electron chi connectivity index (χ2n) is 6.61. The molecule has 0 fully saturated rings. The van der Waals surface area contributed by atoms with Gasteiger partial charge in [0.1, 0.15) is 12.3 Å². The first-order chi connectivity index (χ1) is 15.1. The fraction of sp³-hybridized carbons (Fsp3) is 0.190. The van der Waals surface area contributed by atoms with Crippen LogP contribution in [0.1, 0.15) is 15.2 Å². The first-order valence-electron chi connectivity index (χ1n) is 9.24. The minimum atomic E-state index is -4.54. The first-order valence-corrected chi connectivity index (χ1v) is 11.6. The Hall–Kier alpha value is -3.05. The summed E-state index contributed by atoms with van der Waals surface area (Å²) in [6.45, 7) is -1.39. The predicted molar refractivity (Wildman–Crippen MR) is 116 cm³/mol. The lowest BCUT2D eigenvalue weighted by Gasteiger charge is -2.24. The molecule has 1 aromatic heterocycles. The van der Waals surface area contributed by atoms with Crippen molar-refractivity contribution in [2.75, 3.05) is 18.0 Å². The lowest BCUT2D eigenvalue weighted by atomic mass is 10.2. The number of carbonyl (C=O) groups excluding carboxylic acids is 1. The molecule has 6 nitrogen and oxygen atoms in total. The number of sulfonamides is 1. The number of carbonyl (C=O) groups is 1. The number of alkyl halides is 3. The molecule has 1 amide bonds. The van der Waals surface area contributed by atoms with Crippen molar-refractivity contribution in [1.82, 2.24) is 5.32 Å². The van der Waals surface area contributed by atoms with Crippen molar-refractivity contribution in [2.45, 2.75) is 17.6 Å². The van der Waals surface area contributed by atoms with Crippen LogP contribution in [0, 0.1) is 0 Å². The van der Waals surface area contributed by atoms with Gasteiger partial charge in [0.05, 0.1) is 24.2 Å². The zero-order valence-electron chi connectivity index (χ0n) is 16.8. The number of ether oxygens (including phenoxy) is 1.